The van der Waals surface area contributed by atoms with Crippen molar-refractivity contribution in [1.29, 1.82) is 0 Å². The molecule has 0 bridgehead atoms. The van der Waals surface area contributed by atoms with Crippen molar-refractivity contribution in [3.05, 3.63) is 48.5 Å². The standard InChI is InChI=1S/C21H25N3O4/c1-3-22-20(25)15-12-13-24(14-15)21(26)23-16-8-4-5-9-17(16)28-19-11-7-6-10-18(19)27-2/h4-11,15H,3,12-14H2,1-2H3,(H,22,25)(H,23,26)/t15-/m0/s1. The van der Waals surface area contributed by atoms with Crippen LogP contribution in [-0.4, -0.2) is 43.6 Å². The zero-order valence-corrected chi connectivity index (χ0v) is 16.1. The first-order valence-corrected chi connectivity index (χ1v) is 9.36. The fourth-order valence-electron chi connectivity index (χ4n) is 3.15. The number of hydrogen-bond donors (Lipinski definition) is 2. The van der Waals surface area contributed by atoms with Gasteiger partial charge in [0.05, 0.1) is 18.7 Å². The van der Waals surface area contributed by atoms with Crippen LogP contribution in [0.3, 0.4) is 0 Å². The lowest BCUT2D eigenvalue weighted by molar-refractivity contribution is -0.124. The second-order valence-electron chi connectivity index (χ2n) is 6.51. The molecule has 1 atom stereocenters. The van der Waals surface area contributed by atoms with Gasteiger partial charge in [-0.25, -0.2) is 4.79 Å². The zero-order chi connectivity index (χ0) is 19.9. The van der Waals surface area contributed by atoms with Crippen LogP contribution in [0.5, 0.6) is 17.2 Å². The van der Waals surface area contributed by atoms with Crippen LogP contribution in [0.15, 0.2) is 48.5 Å². The van der Waals surface area contributed by atoms with E-state index >= 15 is 0 Å². The van der Waals surface area contributed by atoms with Gasteiger partial charge in [-0.15, -0.1) is 0 Å². The highest BCUT2D eigenvalue weighted by molar-refractivity contribution is 5.92. The lowest BCUT2D eigenvalue weighted by atomic mass is 10.1. The van der Waals surface area contributed by atoms with Crippen LogP contribution in [-0.2, 0) is 4.79 Å². The fourth-order valence-corrected chi connectivity index (χ4v) is 3.15. The molecule has 0 aliphatic carbocycles. The highest BCUT2D eigenvalue weighted by Gasteiger charge is 2.31. The molecular weight excluding hydrogens is 358 g/mol. The number of urea groups is 1. The number of benzene rings is 2. The van der Waals surface area contributed by atoms with Gasteiger partial charge in [-0.2, -0.15) is 0 Å². The van der Waals surface area contributed by atoms with Gasteiger partial charge in [0.2, 0.25) is 5.91 Å². The number of likely N-dealkylation sites (tertiary alicyclic amines) is 1. The number of ether oxygens (including phenoxy) is 2. The summed E-state index contributed by atoms with van der Waals surface area (Å²) < 4.78 is 11.3. The van der Waals surface area contributed by atoms with Crippen molar-refractivity contribution in [1.82, 2.24) is 10.2 Å². The normalized spacial score (nSPS) is 15.8. The van der Waals surface area contributed by atoms with Crippen molar-refractivity contribution < 1.29 is 19.1 Å². The molecule has 7 heteroatoms. The molecular formula is C21H25N3O4. The van der Waals surface area contributed by atoms with Crippen LogP contribution in [0.1, 0.15) is 13.3 Å². The minimum absolute atomic E-state index is 0.00212. The number of amides is 3. The van der Waals surface area contributed by atoms with Gasteiger partial charge in [-0.05, 0) is 37.6 Å². The molecule has 1 fully saturated rings. The first-order valence-electron chi connectivity index (χ1n) is 9.36. The SMILES string of the molecule is CCNC(=O)[C@H]1CCN(C(=O)Nc2ccccc2Oc2ccccc2OC)C1. The molecule has 0 aromatic heterocycles. The summed E-state index contributed by atoms with van der Waals surface area (Å²) >= 11 is 0. The smallest absolute Gasteiger partial charge is 0.321 e. The molecule has 3 amide bonds. The topological polar surface area (TPSA) is 79.9 Å². The van der Waals surface area contributed by atoms with Crippen LogP contribution in [0.2, 0.25) is 0 Å². The maximum absolute atomic E-state index is 12.7. The Kier molecular flexibility index (Phi) is 6.37. The van der Waals surface area contributed by atoms with E-state index in [0.717, 1.165) is 0 Å². The van der Waals surface area contributed by atoms with Gasteiger partial charge < -0.3 is 25.0 Å². The van der Waals surface area contributed by atoms with Crippen LogP contribution < -0.4 is 20.1 Å². The maximum atomic E-state index is 12.7. The number of nitrogens with one attached hydrogen (secondary N) is 2. The van der Waals surface area contributed by atoms with Gasteiger partial charge in [0.15, 0.2) is 17.2 Å². The van der Waals surface area contributed by atoms with Gasteiger partial charge in [-0.3, -0.25) is 4.79 Å². The average Bonchev–Trinajstić information content (AvgIpc) is 3.21. The van der Waals surface area contributed by atoms with Crippen LogP contribution >= 0.6 is 0 Å². The molecule has 0 saturated carbocycles. The van der Waals surface area contributed by atoms with Gasteiger partial charge in [0, 0.05) is 19.6 Å². The molecule has 1 aliphatic rings. The van der Waals surface area contributed by atoms with Gasteiger partial charge in [0.25, 0.3) is 0 Å². The summed E-state index contributed by atoms with van der Waals surface area (Å²) in [6, 6.07) is 14.3. The monoisotopic (exact) mass is 383 g/mol. The summed E-state index contributed by atoms with van der Waals surface area (Å²) in [5.74, 6) is 1.51. The molecule has 0 spiro atoms. The molecule has 0 unspecified atom stereocenters. The Labute approximate surface area is 164 Å². The van der Waals surface area contributed by atoms with Crippen LogP contribution in [0.25, 0.3) is 0 Å². The molecule has 0 radical (unpaired) electrons. The van der Waals surface area contributed by atoms with Gasteiger partial charge >= 0.3 is 6.03 Å². The molecule has 28 heavy (non-hydrogen) atoms. The third-order valence-electron chi connectivity index (χ3n) is 4.61. The highest BCUT2D eigenvalue weighted by Crippen LogP contribution is 2.35. The predicted molar refractivity (Wildman–Crippen MR) is 107 cm³/mol. The molecule has 7 nitrogen and oxygen atoms in total. The van der Waals surface area contributed by atoms with E-state index in [4.69, 9.17) is 9.47 Å². The molecule has 1 aliphatic heterocycles. The number of hydrogen-bond acceptors (Lipinski definition) is 4. The van der Waals surface area contributed by atoms with Gasteiger partial charge in [0.1, 0.15) is 0 Å². The minimum atomic E-state index is -0.247. The molecule has 2 aromatic rings. The Bertz CT molecular complexity index is 840. The summed E-state index contributed by atoms with van der Waals surface area (Å²) in [5.41, 5.74) is 0.555. The molecule has 148 valence electrons. The third-order valence-corrected chi connectivity index (χ3v) is 4.61. The van der Waals surface area contributed by atoms with Crippen molar-refractivity contribution >= 4 is 17.6 Å². The molecule has 1 heterocycles. The van der Waals surface area contributed by atoms with E-state index in [1.807, 2.05) is 37.3 Å². The number of anilines is 1. The van der Waals surface area contributed by atoms with Crippen LogP contribution in [0.4, 0.5) is 10.5 Å². The largest absolute Gasteiger partial charge is 0.493 e. The van der Waals surface area contributed by atoms with Crippen molar-refractivity contribution in [3.63, 3.8) is 0 Å². The Morgan fingerprint density at radius 3 is 2.46 bits per heavy atom. The quantitative estimate of drug-likeness (QED) is 0.800. The summed E-state index contributed by atoms with van der Waals surface area (Å²) in [5, 5.41) is 5.71. The van der Waals surface area contributed by atoms with E-state index in [2.05, 4.69) is 10.6 Å². The van der Waals surface area contributed by atoms with E-state index in [0.29, 0.717) is 49.0 Å². The van der Waals surface area contributed by atoms with Crippen LogP contribution in [0, 0.1) is 5.92 Å². The number of carbonyl (C=O) groups is 2. The highest BCUT2D eigenvalue weighted by atomic mass is 16.5. The number of carbonyl (C=O) groups excluding carboxylic acids is 2. The summed E-state index contributed by atoms with van der Waals surface area (Å²) in [4.78, 5) is 26.3. The lowest BCUT2D eigenvalue weighted by Gasteiger charge is -2.19. The molecule has 2 N–H and O–H groups in total. The number of para-hydroxylation sites is 4. The second kappa shape index (κ2) is 9.12. The van der Waals surface area contributed by atoms with Gasteiger partial charge in [-0.1, -0.05) is 24.3 Å². The lowest BCUT2D eigenvalue weighted by Crippen LogP contribution is -2.36. The summed E-state index contributed by atoms with van der Waals surface area (Å²) in [6.07, 6.45) is 0.665. The van der Waals surface area contributed by atoms with Crippen molar-refractivity contribution in [2.75, 3.05) is 32.1 Å². The fraction of sp³-hybridized carbons (Fsp3) is 0.333. The van der Waals surface area contributed by atoms with E-state index < -0.39 is 0 Å². The third kappa shape index (κ3) is 4.54. The number of methoxy groups -OCH3 is 1. The average molecular weight is 383 g/mol. The first-order chi connectivity index (χ1) is 13.6. The van der Waals surface area contributed by atoms with Crippen molar-refractivity contribution in [2.24, 2.45) is 5.92 Å². The van der Waals surface area contributed by atoms with Crippen molar-refractivity contribution in [2.45, 2.75) is 13.3 Å². The summed E-state index contributed by atoms with van der Waals surface area (Å²) in [6.45, 7) is 3.43. The first kappa shape index (κ1) is 19.5. The summed E-state index contributed by atoms with van der Waals surface area (Å²) in [7, 11) is 1.58. The van der Waals surface area contributed by atoms with E-state index in [1.54, 1.807) is 30.2 Å². The maximum Gasteiger partial charge on any atom is 0.321 e. The zero-order valence-electron chi connectivity index (χ0n) is 16.1. The van der Waals surface area contributed by atoms with E-state index in [1.165, 1.54) is 0 Å². The number of nitrogens with zero attached hydrogens (tertiary/aromatic N) is 1. The van der Waals surface area contributed by atoms with E-state index in [-0.39, 0.29) is 17.9 Å². The van der Waals surface area contributed by atoms with E-state index in [9.17, 15) is 9.59 Å². The Morgan fingerprint density at radius 2 is 1.75 bits per heavy atom. The Morgan fingerprint density at radius 1 is 1.07 bits per heavy atom. The second-order valence-corrected chi connectivity index (χ2v) is 6.51. The Balaban J connectivity index is 1.68. The minimum Gasteiger partial charge on any atom is -0.493 e. The number of rotatable bonds is 6. The Hall–Kier alpha value is -3.22. The molecule has 2 aromatic carbocycles. The molecule has 3 rings (SSSR count). The van der Waals surface area contributed by atoms with Crippen molar-refractivity contribution in [3.8, 4) is 17.2 Å². The predicted octanol–water partition coefficient (Wildman–Crippen LogP) is 3.48. The molecule has 1 saturated heterocycles.